The first-order valence-electron chi connectivity index (χ1n) is 21.5. The van der Waals surface area contributed by atoms with Crippen LogP contribution in [0.2, 0.25) is 0 Å². The van der Waals surface area contributed by atoms with Crippen LogP contribution in [0, 0.1) is 5.41 Å². The van der Waals surface area contributed by atoms with Crippen LogP contribution in [0.4, 0.5) is 5.69 Å². The molecule has 3 N–H and O–H groups in total. The Labute approximate surface area is 383 Å². The highest BCUT2D eigenvalue weighted by Gasteiger charge is 2.56. The molecule has 64 heavy (non-hydrogen) atoms. The van der Waals surface area contributed by atoms with Crippen molar-refractivity contribution in [1.82, 2.24) is 0 Å². The summed E-state index contributed by atoms with van der Waals surface area (Å²) < 4.78 is 47.2. The van der Waals surface area contributed by atoms with Gasteiger partial charge in [-0.1, -0.05) is 117 Å². The molecule has 0 spiro atoms. The zero-order valence-corrected chi connectivity index (χ0v) is 39.9. The van der Waals surface area contributed by atoms with Gasteiger partial charge in [0.15, 0.2) is 5.78 Å². The zero-order chi connectivity index (χ0) is 47.1. The number of nitrogens with one attached hydrogen (secondary N) is 1. The molecule has 2 amide bonds. The Bertz CT molecular complexity index is 2520. The number of carbonyl (C=O) groups is 3. The van der Waals surface area contributed by atoms with E-state index in [1.54, 1.807) is 63.2 Å². The highest BCUT2D eigenvalue weighted by Crippen LogP contribution is 2.47. The van der Waals surface area contributed by atoms with Crippen molar-refractivity contribution in [3.63, 3.8) is 0 Å². The fraction of sp³-hybridized carbons (Fsp3) is 0.365. The summed E-state index contributed by atoms with van der Waals surface area (Å²) >= 11 is 6.24. The van der Waals surface area contributed by atoms with Gasteiger partial charge < -0.3 is 25.3 Å². The van der Waals surface area contributed by atoms with Crippen molar-refractivity contribution in [2.45, 2.75) is 120 Å². The molecule has 0 saturated carbocycles. The molecule has 2 atom stereocenters. The Balaban J connectivity index is 1.69. The van der Waals surface area contributed by atoms with Crippen molar-refractivity contribution in [1.29, 1.82) is 0 Å². The van der Waals surface area contributed by atoms with E-state index in [2.05, 4.69) is 26.1 Å². The van der Waals surface area contributed by atoms with Crippen LogP contribution in [-0.4, -0.2) is 38.0 Å². The highest BCUT2D eigenvalue weighted by molar-refractivity contribution is 7.91. The molecule has 5 aromatic carbocycles. The number of alkyl halides is 1. The fourth-order valence-electron chi connectivity index (χ4n) is 7.09. The summed E-state index contributed by atoms with van der Waals surface area (Å²) in [6.45, 7) is 17.9. The molecule has 5 rings (SSSR count). The van der Waals surface area contributed by atoms with Gasteiger partial charge in [0.25, 0.3) is 11.5 Å². The maximum atomic E-state index is 15.5. The molecule has 5 aromatic rings. The second-order valence-electron chi connectivity index (χ2n) is 18.3. The third-order valence-corrected chi connectivity index (χ3v) is 14.0. The van der Waals surface area contributed by atoms with Gasteiger partial charge in [-0.2, -0.15) is 0 Å². The number of ketones is 1. The SMILES string of the molecule is CCC(C)(C)c1cc(C(C)(C)CC)c(C(Oc2ccc(S(=O)(=O)c3ccc(OCc4ccccc4)cc3)cc2)(C(=O)Nc2ccccc2)C(=O)C(C)(C)C)cc1OCCC(Cl)C(N)=O. The summed E-state index contributed by atoms with van der Waals surface area (Å²) in [7, 11) is -4.02. The number of nitrogens with two attached hydrogens (primary N) is 1. The molecule has 0 aliphatic carbocycles. The van der Waals surface area contributed by atoms with Crippen molar-refractivity contribution in [3.8, 4) is 17.2 Å². The van der Waals surface area contributed by atoms with E-state index >= 15 is 9.59 Å². The van der Waals surface area contributed by atoms with Gasteiger partial charge in [0.05, 0.1) is 16.4 Å². The standard InChI is InChI=1S/C52H61ClN2O8S/c1-10-50(6,7)41-32-43(51(8,9)11-2)45(61-31-30-44(53)46(54)56)33-42(41)52(47(57)49(3,4)5,48(58)55-36-20-16-13-17-21-36)63-38-24-28-40(29-25-38)64(59,60)39-26-22-37(23-27-39)62-34-35-18-14-12-15-19-35/h12-29,32-33,44H,10-11,30-31,34H2,1-9H3,(H2,54,56)(H,55,58). The number of ether oxygens (including phenoxy) is 3. The molecular weight excluding hydrogens is 848 g/mol. The third-order valence-electron chi connectivity index (χ3n) is 11.8. The number of anilines is 1. The number of amides is 2. The van der Waals surface area contributed by atoms with Crippen LogP contribution in [-0.2, 0) is 47.3 Å². The summed E-state index contributed by atoms with van der Waals surface area (Å²) in [6, 6.07) is 34.0. The van der Waals surface area contributed by atoms with E-state index in [1.807, 2.05) is 63.2 Å². The number of hydrogen-bond acceptors (Lipinski definition) is 8. The van der Waals surface area contributed by atoms with E-state index in [9.17, 15) is 13.2 Å². The lowest BCUT2D eigenvalue weighted by molar-refractivity contribution is -0.152. The summed E-state index contributed by atoms with van der Waals surface area (Å²) in [5.41, 5.74) is 4.03. The van der Waals surface area contributed by atoms with E-state index in [0.717, 1.165) is 11.1 Å². The quantitative estimate of drug-likeness (QED) is 0.0579. The zero-order valence-electron chi connectivity index (χ0n) is 38.3. The Morgan fingerprint density at radius 1 is 0.672 bits per heavy atom. The average molecular weight is 910 g/mol. The molecule has 0 aliphatic rings. The lowest BCUT2D eigenvalue weighted by atomic mass is 9.68. The van der Waals surface area contributed by atoms with Crippen molar-refractivity contribution in [2.24, 2.45) is 11.1 Å². The van der Waals surface area contributed by atoms with Gasteiger partial charge >= 0.3 is 0 Å². The van der Waals surface area contributed by atoms with Crippen LogP contribution in [0.5, 0.6) is 17.2 Å². The van der Waals surface area contributed by atoms with Gasteiger partial charge in [0.1, 0.15) is 29.2 Å². The van der Waals surface area contributed by atoms with Crippen molar-refractivity contribution < 1.29 is 37.0 Å². The normalized spacial score (nSPS) is 13.6. The van der Waals surface area contributed by atoms with Crippen LogP contribution in [0.25, 0.3) is 0 Å². The number of halogens is 1. The molecule has 0 saturated heterocycles. The Kier molecular flexibility index (Phi) is 15.5. The molecule has 0 fully saturated rings. The monoisotopic (exact) mass is 908 g/mol. The molecule has 340 valence electrons. The number of rotatable bonds is 20. The van der Waals surface area contributed by atoms with Crippen LogP contribution < -0.4 is 25.3 Å². The van der Waals surface area contributed by atoms with Crippen LogP contribution in [0.3, 0.4) is 0 Å². The first-order valence-corrected chi connectivity index (χ1v) is 23.5. The minimum atomic E-state index is -4.02. The Morgan fingerprint density at radius 2 is 1.19 bits per heavy atom. The third kappa shape index (κ3) is 11.2. The highest BCUT2D eigenvalue weighted by atomic mass is 35.5. The Hall–Kier alpha value is -5.65. The summed E-state index contributed by atoms with van der Waals surface area (Å²) in [5.74, 6) is -1.04. The largest absolute Gasteiger partial charge is 0.493 e. The van der Waals surface area contributed by atoms with E-state index in [-0.39, 0.29) is 34.1 Å². The van der Waals surface area contributed by atoms with Gasteiger partial charge in [0, 0.05) is 28.7 Å². The molecule has 12 heteroatoms. The molecule has 0 radical (unpaired) electrons. The lowest BCUT2D eigenvalue weighted by Crippen LogP contribution is -2.56. The van der Waals surface area contributed by atoms with Gasteiger partial charge in [0.2, 0.25) is 15.7 Å². The van der Waals surface area contributed by atoms with E-state index in [1.165, 1.54) is 36.4 Å². The van der Waals surface area contributed by atoms with Crippen molar-refractivity contribution in [3.05, 3.63) is 144 Å². The number of Topliss-reactive ketones (excluding diaryl/α,β-unsaturated/α-hetero) is 1. The molecule has 2 unspecified atom stereocenters. The summed E-state index contributed by atoms with van der Waals surface area (Å²) in [4.78, 5) is 42.8. The number of carbonyl (C=O) groups excluding carboxylic acids is 3. The van der Waals surface area contributed by atoms with Gasteiger partial charge in [-0.3, -0.25) is 14.4 Å². The molecule has 10 nitrogen and oxygen atoms in total. The number of sulfone groups is 1. The molecule has 0 bridgehead atoms. The second kappa shape index (κ2) is 20.0. The first kappa shape index (κ1) is 49.4. The van der Waals surface area contributed by atoms with E-state index in [4.69, 9.17) is 31.5 Å². The first-order chi connectivity index (χ1) is 30.1. The Morgan fingerprint density at radius 3 is 1.70 bits per heavy atom. The lowest BCUT2D eigenvalue weighted by Gasteiger charge is -2.41. The second-order valence-corrected chi connectivity index (χ2v) is 20.8. The molecule has 0 aromatic heterocycles. The number of para-hydroxylation sites is 1. The van der Waals surface area contributed by atoms with Crippen molar-refractivity contribution >= 4 is 44.7 Å². The predicted octanol–water partition coefficient (Wildman–Crippen LogP) is 10.9. The molecular formula is C52H61ClN2O8S. The number of primary amides is 1. The van der Waals surface area contributed by atoms with Crippen LogP contribution >= 0.6 is 11.6 Å². The van der Waals surface area contributed by atoms with Gasteiger partial charge in [-0.15, -0.1) is 11.6 Å². The maximum absolute atomic E-state index is 15.5. The molecule has 0 aliphatic heterocycles. The van der Waals surface area contributed by atoms with E-state index < -0.39 is 54.7 Å². The van der Waals surface area contributed by atoms with Crippen LogP contribution in [0.1, 0.15) is 104 Å². The van der Waals surface area contributed by atoms with E-state index in [0.29, 0.717) is 42.2 Å². The van der Waals surface area contributed by atoms with Gasteiger partial charge in [-0.25, -0.2) is 8.42 Å². The summed E-state index contributed by atoms with van der Waals surface area (Å²) in [6.07, 6.45) is 1.44. The van der Waals surface area contributed by atoms with Crippen LogP contribution in [0.15, 0.2) is 131 Å². The molecule has 0 heterocycles. The predicted molar refractivity (Wildman–Crippen MR) is 253 cm³/mol. The minimum Gasteiger partial charge on any atom is -0.493 e. The average Bonchev–Trinajstić information content (AvgIpc) is 3.27. The van der Waals surface area contributed by atoms with Crippen molar-refractivity contribution in [2.75, 3.05) is 11.9 Å². The number of benzene rings is 5. The van der Waals surface area contributed by atoms with Gasteiger partial charge in [-0.05, 0) is 102 Å². The minimum absolute atomic E-state index is 0.0104. The number of hydrogen-bond donors (Lipinski definition) is 2. The smallest absolute Gasteiger partial charge is 0.281 e. The summed E-state index contributed by atoms with van der Waals surface area (Å²) in [5, 5.41) is 2.00. The topological polar surface area (TPSA) is 151 Å². The fourth-order valence-corrected chi connectivity index (χ4v) is 8.44. The maximum Gasteiger partial charge on any atom is 0.281 e.